The zero-order chi connectivity index (χ0) is 15.0. The zero-order valence-corrected chi connectivity index (χ0v) is 13.4. The first-order valence-corrected chi connectivity index (χ1v) is 7.51. The average Bonchev–Trinajstić information content (AvgIpc) is 2.49. The monoisotopic (exact) mass is 270 g/mol. The molecule has 0 atom stereocenters. The Bertz CT molecular complexity index is 491. The second-order valence-corrected chi connectivity index (χ2v) is 5.12. The smallest absolute Gasteiger partial charge is 0.130 e. The summed E-state index contributed by atoms with van der Waals surface area (Å²) in [6, 6.07) is 0. The van der Waals surface area contributed by atoms with Crippen LogP contribution in [0.4, 0.5) is 0 Å². The summed E-state index contributed by atoms with van der Waals surface area (Å²) < 4.78 is 0. The van der Waals surface area contributed by atoms with E-state index in [4.69, 9.17) is 0 Å². The van der Waals surface area contributed by atoms with Crippen molar-refractivity contribution >= 4 is 6.08 Å². The number of allylic oxidation sites excluding steroid dienone is 5. The van der Waals surface area contributed by atoms with Gasteiger partial charge in [-0.2, -0.15) is 0 Å². The Hall–Kier alpha value is -1.70. The SMILES string of the molecule is CC.CC1=CC=C(/C=C/c2cnc(C(C)C)nc2)CC1. The van der Waals surface area contributed by atoms with Crippen LogP contribution in [0, 0.1) is 0 Å². The van der Waals surface area contributed by atoms with Gasteiger partial charge in [0.25, 0.3) is 0 Å². The molecule has 0 bridgehead atoms. The summed E-state index contributed by atoms with van der Waals surface area (Å²) in [5, 5.41) is 0. The molecule has 108 valence electrons. The summed E-state index contributed by atoms with van der Waals surface area (Å²) in [6.45, 7) is 10.4. The molecule has 1 aliphatic carbocycles. The van der Waals surface area contributed by atoms with E-state index in [1.54, 1.807) is 0 Å². The number of nitrogens with zero attached hydrogens (tertiary/aromatic N) is 2. The minimum absolute atomic E-state index is 0.386. The molecule has 0 fully saturated rings. The molecule has 0 radical (unpaired) electrons. The Morgan fingerprint density at radius 1 is 1.00 bits per heavy atom. The molecule has 0 aliphatic heterocycles. The Morgan fingerprint density at radius 3 is 2.15 bits per heavy atom. The van der Waals surface area contributed by atoms with E-state index in [0.717, 1.165) is 17.8 Å². The molecule has 0 amide bonds. The predicted molar refractivity (Wildman–Crippen MR) is 87.6 cm³/mol. The highest BCUT2D eigenvalue weighted by atomic mass is 14.9. The molecule has 2 heteroatoms. The number of rotatable bonds is 3. The Balaban J connectivity index is 0.000000956. The third-order valence-corrected chi connectivity index (χ3v) is 3.09. The number of aromatic nitrogens is 2. The molecule has 0 N–H and O–H groups in total. The maximum absolute atomic E-state index is 4.36. The Kier molecular flexibility index (Phi) is 6.92. The van der Waals surface area contributed by atoms with E-state index in [1.807, 2.05) is 26.2 Å². The molecule has 1 heterocycles. The van der Waals surface area contributed by atoms with Crippen molar-refractivity contribution in [2.45, 2.75) is 53.4 Å². The van der Waals surface area contributed by atoms with Gasteiger partial charge in [-0.05, 0) is 25.3 Å². The van der Waals surface area contributed by atoms with Crippen LogP contribution in [0.15, 0.2) is 41.8 Å². The van der Waals surface area contributed by atoms with Gasteiger partial charge in [0.15, 0.2) is 0 Å². The second kappa shape index (κ2) is 8.47. The molecule has 2 nitrogen and oxygen atoms in total. The first-order valence-electron chi connectivity index (χ1n) is 7.51. The fourth-order valence-electron chi connectivity index (χ4n) is 1.83. The van der Waals surface area contributed by atoms with E-state index in [0.29, 0.717) is 5.92 Å². The van der Waals surface area contributed by atoms with Gasteiger partial charge in [0, 0.05) is 23.9 Å². The summed E-state index contributed by atoms with van der Waals surface area (Å²) in [6.07, 6.45) is 14.7. The summed E-state index contributed by atoms with van der Waals surface area (Å²) in [7, 11) is 0. The third-order valence-electron chi connectivity index (χ3n) is 3.09. The minimum atomic E-state index is 0.386. The molecule has 0 spiro atoms. The quantitative estimate of drug-likeness (QED) is 0.744. The van der Waals surface area contributed by atoms with Crippen LogP contribution in [0.25, 0.3) is 6.08 Å². The molecule has 0 saturated carbocycles. The van der Waals surface area contributed by atoms with Crippen LogP contribution < -0.4 is 0 Å². The molecule has 1 aliphatic rings. The van der Waals surface area contributed by atoms with Crippen molar-refractivity contribution in [3.8, 4) is 0 Å². The van der Waals surface area contributed by atoms with E-state index < -0.39 is 0 Å². The zero-order valence-electron chi connectivity index (χ0n) is 13.4. The van der Waals surface area contributed by atoms with Crippen LogP contribution in [0.1, 0.15) is 64.8 Å². The lowest BCUT2D eigenvalue weighted by atomic mass is 9.99. The lowest BCUT2D eigenvalue weighted by Crippen LogP contribution is -1.96. The standard InChI is InChI=1S/C16H20N2.C2H6/c1-12(2)16-17-10-15(11-18-16)9-8-14-6-4-13(3)5-7-14;1-2/h4,6,8-12H,5,7H2,1-3H3;1-2H3/b9-8+;. The van der Waals surface area contributed by atoms with Crippen LogP contribution >= 0.6 is 0 Å². The topological polar surface area (TPSA) is 25.8 Å². The van der Waals surface area contributed by atoms with Gasteiger partial charge in [-0.25, -0.2) is 9.97 Å². The molecule has 0 unspecified atom stereocenters. The lowest BCUT2D eigenvalue weighted by molar-refractivity contribution is 0.773. The van der Waals surface area contributed by atoms with Crippen molar-refractivity contribution < 1.29 is 0 Å². The lowest BCUT2D eigenvalue weighted by Gasteiger charge is -2.08. The molecule has 20 heavy (non-hydrogen) atoms. The molecular formula is C18H26N2. The molecule has 2 rings (SSSR count). The van der Waals surface area contributed by atoms with Crippen molar-refractivity contribution in [1.29, 1.82) is 0 Å². The molecular weight excluding hydrogens is 244 g/mol. The first-order chi connectivity index (χ1) is 9.65. The van der Waals surface area contributed by atoms with Crippen molar-refractivity contribution in [2.24, 2.45) is 0 Å². The highest BCUT2D eigenvalue weighted by Crippen LogP contribution is 2.19. The second-order valence-electron chi connectivity index (χ2n) is 5.12. The van der Waals surface area contributed by atoms with E-state index >= 15 is 0 Å². The van der Waals surface area contributed by atoms with Gasteiger partial charge in [0.2, 0.25) is 0 Å². The normalized spacial score (nSPS) is 14.7. The maximum Gasteiger partial charge on any atom is 0.130 e. The fourth-order valence-corrected chi connectivity index (χ4v) is 1.83. The summed E-state index contributed by atoms with van der Waals surface area (Å²) >= 11 is 0. The molecule has 0 aromatic carbocycles. The molecule has 0 saturated heterocycles. The van der Waals surface area contributed by atoms with Gasteiger partial charge in [-0.15, -0.1) is 0 Å². The fraction of sp³-hybridized carbons (Fsp3) is 0.444. The number of hydrogen-bond donors (Lipinski definition) is 0. The van der Waals surface area contributed by atoms with Crippen LogP contribution in [0.5, 0.6) is 0 Å². The van der Waals surface area contributed by atoms with Crippen LogP contribution in [0.3, 0.4) is 0 Å². The minimum Gasteiger partial charge on any atom is -0.240 e. The summed E-state index contributed by atoms with van der Waals surface area (Å²) in [5.41, 5.74) is 3.89. The Morgan fingerprint density at radius 2 is 1.65 bits per heavy atom. The van der Waals surface area contributed by atoms with Gasteiger partial charge in [0.1, 0.15) is 5.82 Å². The van der Waals surface area contributed by atoms with E-state index in [2.05, 4.69) is 55.0 Å². The van der Waals surface area contributed by atoms with Crippen molar-refractivity contribution in [2.75, 3.05) is 0 Å². The van der Waals surface area contributed by atoms with E-state index in [1.165, 1.54) is 17.6 Å². The van der Waals surface area contributed by atoms with Crippen molar-refractivity contribution in [3.05, 3.63) is 53.2 Å². The highest BCUT2D eigenvalue weighted by molar-refractivity contribution is 5.52. The Labute approximate surface area is 123 Å². The average molecular weight is 270 g/mol. The van der Waals surface area contributed by atoms with Gasteiger partial charge < -0.3 is 0 Å². The highest BCUT2D eigenvalue weighted by Gasteiger charge is 2.02. The van der Waals surface area contributed by atoms with Gasteiger partial charge in [-0.1, -0.05) is 57.6 Å². The van der Waals surface area contributed by atoms with Gasteiger partial charge in [0.05, 0.1) is 0 Å². The first kappa shape index (κ1) is 16.4. The van der Waals surface area contributed by atoms with Crippen LogP contribution in [0.2, 0.25) is 0 Å². The van der Waals surface area contributed by atoms with Crippen molar-refractivity contribution in [3.63, 3.8) is 0 Å². The van der Waals surface area contributed by atoms with Crippen molar-refractivity contribution in [1.82, 2.24) is 9.97 Å². The van der Waals surface area contributed by atoms with Gasteiger partial charge in [-0.3, -0.25) is 0 Å². The van der Waals surface area contributed by atoms with E-state index in [-0.39, 0.29) is 0 Å². The summed E-state index contributed by atoms with van der Waals surface area (Å²) in [4.78, 5) is 8.72. The van der Waals surface area contributed by atoms with Gasteiger partial charge >= 0.3 is 0 Å². The number of hydrogen-bond acceptors (Lipinski definition) is 2. The summed E-state index contributed by atoms with van der Waals surface area (Å²) in [5.74, 6) is 1.29. The van der Waals surface area contributed by atoms with E-state index in [9.17, 15) is 0 Å². The third kappa shape index (κ3) is 5.12. The molecule has 1 aromatic rings. The maximum atomic E-state index is 4.36. The van der Waals surface area contributed by atoms with Crippen LogP contribution in [-0.4, -0.2) is 9.97 Å². The predicted octanol–water partition coefficient (Wildman–Crippen LogP) is 5.31. The van der Waals surface area contributed by atoms with Crippen LogP contribution in [-0.2, 0) is 0 Å². The molecule has 1 aromatic heterocycles. The largest absolute Gasteiger partial charge is 0.240 e.